The highest BCUT2D eigenvalue weighted by Crippen LogP contribution is 2.06. The number of nitriles is 1. The summed E-state index contributed by atoms with van der Waals surface area (Å²) >= 11 is 0. The van der Waals surface area contributed by atoms with Crippen LogP contribution in [0.5, 0.6) is 0 Å². The summed E-state index contributed by atoms with van der Waals surface area (Å²) < 4.78 is 12.6. The van der Waals surface area contributed by atoms with Crippen LogP contribution in [0, 0.1) is 23.1 Å². The minimum atomic E-state index is -0.597. The molecule has 0 spiro atoms. The van der Waals surface area contributed by atoms with E-state index >= 15 is 0 Å². The Morgan fingerprint density at radius 2 is 2.12 bits per heavy atom. The summed E-state index contributed by atoms with van der Waals surface area (Å²) in [4.78, 5) is 11.6. The lowest BCUT2D eigenvalue weighted by Crippen LogP contribution is -2.29. The van der Waals surface area contributed by atoms with Crippen LogP contribution in [0.15, 0.2) is 24.3 Å². The van der Waals surface area contributed by atoms with Crippen LogP contribution < -0.4 is 5.32 Å². The van der Waals surface area contributed by atoms with Crippen molar-refractivity contribution in [2.45, 2.75) is 26.3 Å². The molecular formula is C13H15FN2O. The zero-order valence-electron chi connectivity index (χ0n) is 9.74. The molecule has 0 radical (unpaired) electrons. The van der Waals surface area contributed by atoms with E-state index in [0.717, 1.165) is 12.0 Å². The normalized spacial score (nSPS) is 11.6. The number of amides is 1. The fourth-order valence-electron chi connectivity index (χ4n) is 1.46. The summed E-state index contributed by atoms with van der Waals surface area (Å²) in [6, 6.07) is 7.88. The highest BCUT2D eigenvalue weighted by atomic mass is 19.1. The standard InChI is InChI=1S/C13H15FN2O/c1-2-3-11(8-15)13(17)16-9-10-4-6-12(14)7-5-10/h4-7,11H,2-3,9H2,1H3,(H,16,17). The maximum absolute atomic E-state index is 12.6. The number of nitrogens with zero attached hydrogens (tertiary/aromatic N) is 1. The van der Waals surface area contributed by atoms with Gasteiger partial charge in [0, 0.05) is 6.54 Å². The van der Waals surface area contributed by atoms with E-state index in [4.69, 9.17) is 5.26 Å². The number of nitrogens with one attached hydrogen (secondary N) is 1. The maximum Gasteiger partial charge on any atom is 0.237 e. The van der Waals surface area contributed by atoms with E-state index in [2.05, 4.69) is 5.32 Å². The molecule has 1 unspecified atom stereocenters. The van der Waals surface area contributed by atoms with E-state index in [-0.39, 0.29) is 11.7 Å². The van der Waals surface area contributed by atoms with Gasteiger partial charge in [-0.15, -0.1) is 0 Å². The average Bonchev–Trinajstić information content (AvgIpc) is 2.35. The minimum absolute atomic E-state index is 0.265. The van der Waals surface area contributed by atoms with Gasteiger partial charge in [-0.2, -0.15) is 5.26 Å². The molecule has 0 saturated heterocycles. The van der Waals surface area contributed by atoms with Gasteiger partial charge in [0.15, 0.2) is 0 Å². The molecule has 3 nitrogen and oxygen atoms in total. The fourth-order valence-corrected chi connectivity index (χ4v) is 1.46. The third kappa shape index (κ3) is 4.23. The van der Waals surface area contributed by atoms with Crippen molar-refractivity contribution in [3.63, 3.8) is 0 Å². The fraction of sp³-hybridized carbons (Fsp3) is 0.385. The van der Waals surface area contributed by atoms with E-state index in [1.807, 2.05) is 13.0 Å². The van der Waals surface area contributed by atoms with Crippen LogP contribution in [0.25, 0.3) is 0 Å². The van der Waals surface area contributed by atoms with Crippen LogP contribution in [0.3, 0.4) is 0 Å². The van der Waals surface area contributed by atoms with Gasteiger partial charge in [-0.25, -0.2) is 4.39 Å². The third-order valence-electron chi connectivity index (χ3n) is 2.43. The molecule has 0 aliphatic carbocycles. The number of hydrogen-bond donors (Lipinski definition) is 1. The molecule has 0 saturated carbocycles. The lowest BCUT2D eigenvalue weighted by molar-refractivity contribution is -0.123. The largest absolute Gasteiger partial charge is 0.351 e. The minimum Gasteiger partial charge on any atom is -0.351 e. The number of rotatable bonds is 5. The number of carbonyl (C=O) groups is 1. The summed E-state index contributed by atoms with van der Waals surface area (Å²) in [6.45, 7) is 2.25. The SMILES string of the molecule is CCCC(C#N)C(=O)NCc1ccc(F)cc1. The topological polar surface area (TPSA) is 52.9 Å². The first kappa shape index (κ1) is 13.2. The highest BCUT2D eigenvalue weighted by molar-refractivity contribution is 5.80. The Hall–Kier alpha value is -1.89. The molecule has 17 heavy (non-hydrogen) atoms. The predicted molar refractivity (Wildman–Crippen MR) is 62.3 cm³/mol. The molecule has 1 N–H and O–H groups in total. The average molecular weight is 234 g/mol. The van der Waals surface area contributed by atoms with Crippen molar-refractivity contribution < 1.29 is 9.18 Å². The molecule has 90 valence electrons. The van der Waals surface area contributed by atoms with Crippen LogP contribution in [0.4, 0.5) is 4.39 Å². The summed E-state index contributed by atoms with van der Waals surface area (Å²) in [7, 11) is 0. The van der Waals surface area contributed by atoms with Gasteiger partial charge in [-0.1, -0.05) is 25.5 Å². The molecule has 0 aliphatic rings. The quantitative estimate of drug-likeness (QED) is 0.850. The van der Waals surface area contributed by atoms with Gasteiger partial charge in [0.1, 0.15) is 11.7 Å². The van der Waals surface area contributed by atoms with Gasteiger partial charge in [0.25, 0.3) is 0 Å². The van der Waals surface area contributed by atoms with Crippen molar-refractivity contribution in [1.82, 2.24) is 5.32 Å². The maximum atomic E-state index is 12.6. The van der Waals surface area contributed by atoms with Crippen LogP contribution in [-0.2, 0) is 11.3 Å². The molecule has 1 rings (SSSR count). The second-order valence-corrected chi connectivity index (χ2v) is 3.81. The van der Waals surface area contributed by atoms with Crippen LogP contribution in [0.1, 0.15) is 25.3 Å². The van der Waals surface area contributed by atoms with Crippen molar-refractivity contribution in [1.29, 1.82) is 5.26 Å². The summed E-state index contributed by atoms with van der Waals surface area (Å²) in [5.41, 5.74) is 0.813. The van der Waals surface area contributed by atoms with Gasteiger partial charge in [-0.3, -0.25) is 4.79 Å². The molecule has 1 amide bonds. The molecule has 0 fully saturated rings. The Bertz CT molecular complexity index is 408. The Labute approximate surface area is 100 Å². The zero-order chi connectivity index (χ0) is 12.7. The van der Waals surface area contributed by atoms with Crippen LogP contribution in [-0.4, -0.2) is 5.91 Å². The number of benzene rings is 1. The Kier molecular flexibility index (Phi) is 5.15. The van der Waals surface area contributed by atoms with Gasteiger partial charge in [-0.05, 0) is 24.1 Å². The van der Waals surface area contributed by atoms with Gasteiger partial charge < -0.3 is 5.32 Å². The first-order valence-corrected chi connectivity index (χ1v) is 5.59. The van der Waals surface area contributed by atoms with Crippen molar-refractivity contribution in [3.05, 3.63) is 35.6 Å². The Balaban J connectivity index is 2.47. The van der Waals surface area contributed by atoms with Gasteiger partial charge >= 0.3 is 0 Å². The van der Waals surface area contributed by atoms with Crippen molar-refractivity contribution in [2.75, 3.05) is 0 Å². The van der Waals surface area contributed by atoms with Gasteiger partial charge in [0.05, 0.1) is 6.07 Å². The highest BCUT2D eigenvalue weighted by Gasteiger charge is 2.15. The first-order valence-electron chi connectivity index (χ1n) is 5.59. The Morgan fingerprint density at radius 1 is 1.47 bits per heavy atom. The predicted octanol–water partition coefficient (Wildman–Crippen LogP) is 2.38. The van der Waals surface area contributed by atoms with E-state index in [0.29, 0.717) is 13.0 Å². The summed E-state index contributed by atoms with van der Waals surface area (Å²) in [5, 5.41) is 11.5. The van der Waals surface area contributed by atoms with Crippen LogP contribution >= 0.6 is 0 Å². The molecular weight excluding hydrogens is 219 g/mol. The lowest BCUT2D eigenvalue weighted by atomic mass is 10.0. The molecule has 0 aromatic heterocycles. The molecule has 1 atom stereocenters. The molecule has 0 aliphatic heterocycles. The number of carbonyl (C=O) groups excluding carboxylic acids is 1. The van der Waals surface area contributed by atoms with Crippen molar-refractivity contribution in [3.8, 4) is 6.07 Å². The molecule has 4 heteroatoms. The van der Waals surface area contributed by atoms with E-state index in [1.165, 1.54) is 12.1 Å². The number of hydrogen-bond acceptors (Lipinski definition) is 2. The molecule has 0 heterocycles. The molecule has 1 aromatic rings. The Morgan fingerprint density at radius 3 is 2.65 bits per heavy atom. The molecule has 1 aromatic carbocycles. The smallest absolute Gasteiger partial charge is 0.237 e. The van der Waals surface area contributed by atoms with Crippen molar-refractivity contribution in [2.24, 2.45) is 5.92 Å². The van der Waals surface area contributed by atoms with E-state index < -0.39 is 5.92 Å². The number of halogens is 1. The molecule has 0 bridgehead atoms. The van der Waals surface area contributed by atoms with Crippen LogP contribution in [0.2, 0.25) is 0 Å². The zero-order valence-corrected chi connectivity index (χ0v) is 9.74. The van der Waals surface area contributed by atoms with Gasteiger partial charge in [0.2, 0.25) is 5.91 Å². The van der Waals surface area contributed by atoms with E-state index in [1.54, 1.807) is 12.1 Å². The second kappa shape index (κ2) is 6.64. The summed E-state index contributed by atoms with van der Waals surface area (Å²) in [6.07, 6.45) is 1.36. The first-order chi connectivity index (χ1) is 8.17. The monoisotopic (exact) mass is 234 g/mol. The second-order valence-electron chi connectivity index (χ2n) is 3.81. The van der Waals surface area contributed by atoms with Crippen molar-refractivity contribution >= 4 is 5.91 Å². The third-order valence-corrected chi connectivity index (χ3v) is 2.43. The summed E-state index contributed by atoms with van der Waals surface area (Å²) in [5.74, 6) is -1.17. The van der Waals surface area contributed by atoms with E-state index in [9.17, 15) is 9.18 Å². The lowest BCUT2D eigenvalue weighted by Gasteiger charge is -2.09.